The molecule has 16 heavy (non-hydrogen) atoms. The second kappa shape index (κ2) is 5.21. The molecule has 0 aromatic heterocycles. The molecule has 1 N–H and O–H groups in total. The maximum absolute atomic E-state index is 5.79. The second-order valence-electron chi connectivity index (χ2n) is 4.17. The normalized spacial score (nSPS) is 16.1. The predicted octanol–water partition coefficient (Wildman–Crippen LogP) is 2.46. The molecule has 1 aliphatic heterocycles. The van der Waals surface area contributed by atoms with Gasteiger partial charge in [-0.1, -0.05) is 6.07 Å². The molecule has 0 aliphatic carbocycles. The van der Waals surface area contributed by atoms with Crippen molar-refractivity contribution in [1.29, 1.82) is 0 Å². The zero-order chi connectivity index (χ0) is 11.4. The minimum Gasteiger partial charge on any atom is -0.491 e. The average Bonchev–Trinajstić information content (AvgIpc) is 2.35. The van der Waals surface area contributed by atoms with E-state index in [9.17, 15) is 0 Å². The summed E-state index contributed by atoms with van der Waals surface area (Å²) in [5.41, 5.74) is 2.52. The lowest BCUT2D eigenvalue weighted by Crippen LogP contribution is -2.18. The molecule has 0 bridgehead atoms. The number of fused-ring (bicyclic) bond motifs is 1. The molecule has 0 radical (unpaired) electrons. The molecule has 0 spiro atoms. The third-order valence-electron chi connectivity index (χ3n) is 2.93. The molecular formula is C13H19NO2. The smallest absolute Gasteiger partial charge is 0.124 e. The van der Waals surface area contributed by atoms with Gasteiger partial charge in [0.1, 0.15) is 12.4 Å². The topological polar surface area (TPSA) is 30.5 Å². The van der Waals surface area contributed by atoms with Crippen molar-refractivity contribution < 1.29 is 9.47 Å². The lowest BCUT2D eigenvalue weighted by atomic mass is 10.0. The molecule has 1 aromatic carbocycles. The van der Waals surface area contributed by atoms with Crippen LogP contribution in [0.15, 0.2) is 18.2 Å². The second-order valence-corrected chi connectivity index (χ2v) is 4.17. The molecule has 0 amide bonds. The van der Waals surface area contributed by atoms with E-state index in [2.05, 4.69) is 11.4 Å². The molecule has 0 saturated heterocycles. The van der Waals surface area contributed by atoms with Crippen LogP contribution >= 0.6 is 0 Å². The molecule has 88 valence electrons. The fraction of sp³-hybridized carbons (Fsp3) is 0.538. The third-order valence-corrected chi connectivity index (χ3v) is 2.93. The summed E-state index contributed by atoms with van der Waals surface area (Å²) in [4.78, 5) is 0. The van der Waals surface area contributed by atoms with Gasteiger partial charge in [-0.25, -0.2) is 0 Å². The Hall–Kier alpha value is -1.22. The summed E-state index contributed by atoms with van der Waals surface area (Å²) < 4.78 is 11.0. The number of rotatable bonds is 4. The summed E-state index contributed by atoms with van der Waals surface area (Å²) in [6, 6.07) is 6.18. The van der Waals surface area contributed by atoms with Gasteiger partial charge in [-0.05, 0) is 31.9 Å². The van der Waals surface area contributed by atoms with Crippen molar-refractivity contribution in [3.63, 3.8) is 0 Å². The van der Waals surface area contributed by atoms with E-state index < -0.39 is 0 Å². The molecule has 2 rings (SSSR count). The molecule has 1 unspecified atom stereocenters. The van der Waals surface area contributed by atoms with E-state index in [1.165, 1.54) is 17.7 Å². The van der Waals surface area contributed by atoms with Crippen LogP contribution in [0.5, 0.6) is 5.75 Å². The van der Waals surface area contributed by atoms with Crippen LogP contribution in [0.1, 0.15) is 18.9 Å². The first-order valence-corrected chi connectivity index (χ1v) is 5.82. The number of nitrogens with one attached hydrogen (secondary N) is 1. The van der Waals surface area contributed by atoms with Crippen LogP contribution in [0.4, 0.5) is 5.69 Å². The van der Waals surface area contributed by atoms with E-state index in [1.807, 2.05) is 19.1 Å². The quantitative estimate of drug-likeness (QED) is 0.847. The van der Waals surface area contributed by atoms with E-state index in [4.69, 9.17) is 9.47 Å². The van der Waals surface area contributed by atoms with Gasteiger partial charge in [0.25, 0.3) is 0 Å². The van der Waals surface area contributed by atoms with Crippen LogP contribution < -0.4 is 10.1 Å². The fourth-order valence-corrected chi connectivity index (χ4v) is 1.89. The Kier molecular flexibility index (Phi) is 3.67. The molecule has 1 heterocycles. The fourth-order valence-electron chi connectivity index (χ4n) is 1.89. The van der Waals surface area contributed by atoms with E-state index in [0.29, 0.717) is 6.61 Å². The van der Waals surface area contributed by atoms with Crippen LogP contribution in [0.3, 0.4) is 0 Å². The zero-order valence-electron chi connectivity index (χ0n) is 9.95. The largest absolute Gasteiger partial charge is 0.491 e. The van der Waals surface area contributed by atoms with Crippen molar-refractivity contribution in [2.24, 2.45) is 0 Å². The molecule has 3 heteroatoms. The van der Waals surface area contributed by atoms with Crippen molar-refractivity contribution in [2.75, 3.05) is 25.6 Å². The van der Waals surface area contributed by atoms with Crippen molar-refractivity contribution in [1.82, 2.24) is 0 Å². The zero-order valence-corrected chi connectivity index (χ0v) is 9.95. The van der Waals surface area contributed by atoms with Gasteiger partial charge in [0.2, 0.25) is 0 Å². The molecule has 3 nitrogen and oxygen atoms in total. The molecule has 1 aliphatic rings. The Balaban J connectivity index is 2.08. The summed E-state index contributed by atoms with van der Waals surface area (Å²) in [6.45, 7) is 3.67. The van der Waals surface area contributed by atoms with Gasteiger partial charge in [0.05, 0.1) is 6.10 Å². The summed E-state index contributed by atoms with van der Waals surface area (Å²) in [5.74, 6) is 0.994. The van der Waals surface area contributed by atoms with Gasteiger partial charge in [-0.3, -0.25) is 0 Å². The first-order chi connectivity index (χ1) is 7.81. The highest BCUT2D eigenvalue weighted by molar-refractivity contribution is 5.59. The lowest BCUT2D eigenvalue weighted by molar-refractivity contribution is 0.0713. The van der Waals surface area contributed by atoms with Crippen LogP contribution in [0.2, 0.25) is 0 Å². The van der Waals surface area contributed by atoms with Crippen LogP contribution in [0.25, 0.3) is 0 Å². The molecule has 1 atom stereocenters. The number of benzene rings is 1. The maximum Gasteiger partial charge on any atom is 0.124 e. The molecule has 0 fully saturated rings. The van der Waals surface area contributed by atoms with E-state index in [-0.39, 0.29) is 6.10 Å². The summed E-state index contributed by atoms with van der Waals surface area (Å²) >= 11 is 0. The lowest BCUT2D eigenvalue weighted by Gasteiger charge is -2.21. The highest BCUT2D eigenvalue weighted by atomic mass is 16.5. The Labute approximate surface area is 96.8 Å². The standard InChI is InChI=1S/C13H19NO2/c1-10(15-2)9-16-13-7-3-6-12-11(13)5-4-8-14-12/h3,6-7,10,14H,4-5,8-9H2,1-2H3. The third kappa shape index (κ3) is 2.47. The summed E-state index contributed by atoms with van der Waals surface area (Å²) in [6.07, 6.45) is 2.40. The van der Waals surface area contributed by atoms with E-state index in [1.54, 1.807) is 7.11 Å². The van der Waals surface area contributed by atoms with Gasteiger partial charge < -0.3 is 14.8 Å². The average molecular weight is 221 g/mol. The number of anilines is 1. The summed E-state index contributed by atoms with van der Waals surface area (Å²) in [5, 5.41) is 3.39. The van der Waals surface area contributed by atoms with Crippen LogP contribution in [-0.4, -0.2) is 26.4 Å². The Bertz CT molecular complexity index is 352. The first-order valence-electron chi connectivity index (χ1n) is 5.82. The SMILES string of the molecule is COC(C)COc1cccc2c1CCCN2. The highest BCUT2D eigenvalue weighted by Gasteiger charge is 2.13. The predicted molar refractivity (Wildman–Crippen MR) is 65.2 cm³/mol. The highest BCUT2D eigenvalue weighted by Crippen LogP contribution is 2.30. The van der Waals surface area contributed by atoms with Gasteiger partial charge in [-0.2, -0.15) is 0 Å². The van der Waals surface area contributed by atoms with Crippen molar-refractivity contribution >= 4 is 5.69 Å². The monoisotopic (exact) mass is 221 g/mol. The maximum atomic E-state index is 5.79. The van der Waals surface area contributed by atoms with Crippen LogP contribution in [0, 0.1) is 0 Å². The number of ether oxygens (including phenoxy) is 2. The van der Waals surface area contributed by atoms with Gasteiger partial charge >= 0.3 is 0 Å². The minimum atomic E-state index is 0.132. The minimum absolute atomic E-state index is 0.132. The summed E-state index contributed by atoms with van der Waals surface area (Å²) in [7, 11) is 1.70. The molecule has 0 saturated carbocycles. The Morgan fingerprint density at radius 3 is 3.12 bits per heavy atom. The van der Waals surface area contributed by atoms with E-state index >= 15 is 0 Å². The molecular weight excluding hydrogens is 202 g/mol. The van der Waals surface area contributed by atoms with Crippen molar-refractivity contribution in [2.45, 2.75) is 25.9 Å². The van der Waals surface area contributed by atoms with Crippen molar-refractivity contribution in [3.05, 3.63) is 23.8 Å². The number of hydrogen-bond donors (Lipinski definition) is 1. The van der Waals surface area contributed by atoms with Gasteiger partial charge in [0, 0.05) is 24.9 Å². The number of hydrogen-bond acceptors (Lipinski definition) is 3. The van der Waals surface area contributed by atoms with Gasteiger partial charge in [0.15, 0.2) is 0 Å². The van der Waals surface area contributed by atoms with Crippen LogP contribution in [-0.2, 0) is 11.2 Å². The van der Waals surface area contributed by atoms with Crippen molar-refractivity contribution in [3.8, 4) is 5.75 Å². The first kappa shape index (κ1) is 11.3. The van der Waals surface area contributed by atoms with Gasteiger partial charge in [-0.15, -0.1) is 0 Å². The number of methoxy groups -OCH3 is 1. The Morgan fingerprint density at radius 1 is 1.44 bits per heavy atom. The molecule has 1 aromatic rings. The Morgan fingerprint density at radius 2 is 2.31 bits per heavy atom. The van der Waals surface area contributed by atoms with E-state index in [0.717, 1.165) is 18.7 Å².